The molecule has 4 heterocycles. The highest BCUT2D eigenvalue weighted by Gasteiger charge is 2.26. The molecule has 6 nitrogen and oxygen atoms in total. The molecule has 6 heteroatoms. The number of hydrogen-bond donors (Lipinski definition) is 1. The molecule has 0 amide bonds. The third kappa shape index (κ3) is 3.90. The van der Waals surface area contributed by atoms with Crippen LogP contribution in [0.2, 0.25) is 0 Å². The summed E-state index contributed by atoms with van der Waals surface area (Å²) in [5.74, 6) is 0.651. The van der Waals surface area contributed by atoms with Crippen LogP contribution in [0.15, 0.2) is 54.9 Å². The van der Waals surface area contributed by atoms with Gasteiger partial charge in [-0.15, -0.1) is 0 Å². The number of anilines is 1. The number of rotatable bonds is 5. The minimum Gasteiger partial charge on any atom is -0.472 e. The molecule has 3 aromatic heterocycles. The van der Waals surface area contributed by atoms with E-state index in [-0.39, 0.29) is 12.7 Å². The second kappa shape index (κ2) is 7.72. The third-order valence-electron chi connectivity index (χ3n) is 4.68. The predicted molar refractivity (Wildman–Crippen MR) is 104 cm³/mol. The molecule has 138 valence electrons. The van der Waals surface area contributed by atoms with Gasteiger partial charge in [0.25, 0.3) is 0 Å². The van der Waals surface area contributed by atoms with E-state index in [1.807, 2.05) is 55.6 Å². The summed E-state index contributed by atoms with van der Waals surface area (Å²) < 4.78 is 6.00. The Kier molecular flexibility index (Phi) is 4.98. The van der Waals surface area contributed by atoms with E-state index in [9.17, 15) is 5.11 Å². The Bertz CT molecular complexity index is 900. The lowest BCUT2D eigenvalue weighted by Gasteiger charge is -2.21. The van der Waals surface area contributed by atoms with Gasteiger partial charge in [0.15, 0.2) is 0 Å². The molecule has 1 saturated heterocycles. The maximum atomic E-state index is 9.83. The molecule has 0 spiro atoms. The van der Waals surface area contributed by atoms with Crippen molar-refractivity contribution in [3.05, 3.63) is 66.1 Å². The van der Waals surface area contributed by atoms with Crippen LogP contribution in [-0.4, -0.2) is 39.3 Å². The normalized spacial score (nSPS) is 16.5. The van der Waals surface area contributed by atoms with Crippen molar-refractivity contribution < 1.29 is 9.84 Å². The zero-order valence-electron chi connectivity index (χ0n) is 15.2. The summed E-state index contributed by atoms with van der Waals surface area (Å²) in [6.45, 7) is 3.49. The average molecular weight is 362 g/mol. The van der Waals surface area contributed by atoms with E-state index in [1.165, 1.54) is 0 Å². The maximum Gasteiger partial charge on any atom is 0.213 e. The molecule has 27 heavy (non-hydrogen) atoms. The van der Waals surface area contributed by atoms with Crippen LogP contribution in [0.3, 0.4) is 0 Å². The fourth-order valence-corrected chi connectivity index (χ4v) is 3.29. The molecule has 1 aliphatic heterocycles. The lowest BCUT2D eigenvalue weighted by atomic mass is 10.2. The first-order chi connectivity index (χ1) is 13.2. The second-order valence-corrected chi connectivity index (χ2v) is 6.68. The Morgan fingerprint density at radius 2 is 2.04 bits per heavy atom. The Balaban J connectivity index is 1.49. The van der Waals surface area contributed by atoms with E-state index in [0.29, 0.717) is 11.6 Å². The molecular weight excluding hydrogens is 340 g/mol. The first-order valence-corrected chi connectivity index (χ1v) is 9.09. The lowest BCUT2D eigenvalue weighted by Crippen LogP contribution is -2.26. The van der Waals surface area contributed by atoms with Crippen molar-refractivity contribution in [2.24, 2.45) is 0 Å². The molecule has 0 aromatic carbocycles. The summed E-state index contributed by atoms with van der Waals surface area (Å²) in [4.78, 5) is 15.5. The molecule has 1 fully saturated rings. The number of aryl methyl sites for hydroxylation is 1. The first kappa shape index (κ1) is 17.4. The standard InChI is InChI=1S/C21H22N4O2/c1-15-5-8-21(23-12-15)27-16-9-11-25(13-16)20-7-6-18(24-19(20)14-26)17-4-2-3-10-22-17/h2-8,10,12,16,26H,9,11,13-14H2,1H3. The average Bonchev–Trinajstić information content (AvgIpc) is 3.18. The topological polar surface area (TPSA) is 71.4 Å². The molecule has 1 aliphatic rings. The maximum absolute atomic E-state index is 9.83. The van der Waals surface area contributed by atoms with Crippen LogP contribution in [0, 0.1) is 6.92 Å². The molecule has 4 rings (SSSR count). The van der Waals surface area contributed by atoms with Gasteiger partial charge in [-0.1, -0.05) is 12.1 Å². The zero-order valence-corrected chi connectivity index (χ0v) is 15.2. The number of aromatic nitrogens is 3. The SMILES string of the molecule is Cc1ccc(OC2CCN(c3ccc(-c4ccccn4)nc3CO)C2)nc1. The highest BCUT2D eigenvalue weighted by atomic mass is 16.5. The van der Waals surface area contributed by atoms with Gasteiger partial charge in [0.1, 0.15) is 6.10 Å². The Labute approximate surface area is 158 Å². The fourth-order valence-electron chi connectivity index (χ4n) is 3.29. The Morgan fingerprint density at radius 3 is 2.78 bits per heavy atom. The fraction of sp³-hybridized carbons (Fsp3) is 0.286. The van der Waals surface area contributed by atoms with E-state index in [1.54, 1.807) is 6.20 Å². The van der Waals surface area contributed by atoms with Crippen molar-refractivity contribution in [1.29, 1.82) is 0 Å². The van der Waals surface area contributed by atoms with Crippen LogP contribution < -0.4 is 9.64 Å². The van der Waals surface area contributed by atoms with Crippen LogP contribution in [0.25, 0.3) is 11.4 Å². The van der Waals surface area contributed by atoms with Gasteiger partial charge in [0.05, 0.1) is 35.9 Å². The number of aliphatic hydroxyl groups excluding tert-OH is 1. The number of hydrogen-bond acceptors (Lipinski definition) is 6. The van der Waals surface area contributed by atoms with Crippen molar-refractivity contribution in [3.8, 4) is 17.3 Å². The number of nitrogens with zero attached hydrogens (tertiary/aromatic N) is 4. The summed E-state index contributed by atoms with van der Waals surface area (Å²) in [6, 6.07) is 13.6. The third-order valence-corrected chi connectivity index (χ3v) is 4.68. The monoisotopic (exact) mass is 362 g/mol. The van der Waals surface area contributed by atoms with Gasteiger partial charge in [-0.3, -0.25) is 4.98 Å². The van der Waals surface area contributed by atoms with Crippen LogP contribution in [0.4, 0.5) is 5.69 Å². The van der Waals surface area contributed by atoms with Gasteiger partial charge < -0.3 is 14.7 Å². The van der Waals surface area contributed by atoms with Crippen molar-refractivity contribution in [1.82, 2.24) is 15.0 Å². The first-order valence-electron chi connectivity index (χ1n) is 9.09. The minimum atomic E-state index is -0.114. The van der Waals surface area contributed by atoms with Gasteiger partial charge in [-0.05, 0) is 36.8 Å². The molecule has 1 atom stereocenters. The van der Waals surface area contributed by atoms with Crippen LogP contribution >= 0.6 is 0 Å². The van der Waals surface area contributed by atoms with Crippen LogP contribution in [-0.2, 0) is 6.61 Å². The zero-order chi connectivity index (χ0) is 18.6. The summed E-state index contributed by atoms with van der Waals surface area (Å²) in [7, 11) is 0. The molecule has 0 aliphatic carbocycles. The van der Waals surface area contributed by atoms with Crippen molar-refractivity contribution in [2.45, 2.75) is 26.1 Å². The molecule has 0 radical (unpaired) electrons. The molecule has 0 saturated carbocycles. The summed E-state index contributed by atoms with van der Waals surface area (Å²) in [5.41, 5.74) is 4.28. The van der Waals surface area contributed by atoms with Crippen molar-refractivity contribution in [3.63, 3.8) is 0 Å². The summed E-state index contributed by atoms with van der Waals surface area (Å²) in [6.07, 6.45) is 4.53. The number of pyridine rings is 3. The van der Waals surface area contributed by atoms with E-state index in [4.69, 9.17) is 4.74 Å². The van der Waals surface area contributed by atoms with Gasteiger partial charge in [-0.2, -0.15) is 0 Å². The Hall–Kier alpha value is -2.99. The minimum absolute atomic E-state index is 0.0715. The van der Waals surface area contributed by atoms with E-state index < -0.39 is 0 Å². The molecule has 0 bridgehead atoms. The summed E-state index contributed by atoms with van der Waals surface area (Å²) >= 11 is 0. The van der Waals surface area contributed by atoms with E-state index in [2.05, 4.69) is 19.9 Å². The molecule has 1 N–H and O–H groups in total. The predicted octanol–water partition coefficient (Wildman–Crippen LogP) is 3.00. The number of aliphatic hydroxyl groups is 1. The molecular formula is C21H22N4O2. The van der Waals surface area contributed by atoms with Crippen molar-refractivity contribution in [2.75, 3.05) is 18.0 Å². The second-order valence-electron chi connectivity index (χ2n) is 6.68. The van der Waals surface area contributed by atoms with Crippen LogP contribution in [0.1, 0.15) is 17.7 Å². The van der Waals surface area contributed by atoms with Gasteiger partial charge in [0, 0.05) is 31.4 Å². The highest BCUT2D eigenvalue weighted by Crippen LogP contribution is 2.28. The summed E-state index contributed by atoms with van der Waals surface area (Å²) in [5, 5.41) is 9.83. The van der Waals surface area contributed by atoms with Gasteiger partial charge in [-0.25, -0.2) is 9.97 Å². The smallest absolute Gasteiger partial charge is 0.213 e. The largest absolute Gasteiger partial charge is 0.472 e. The quantitative estimate of drug-likeness (QED) is 0.752. The number of ether oxygens (including phenoxy) is 1. The van der Waals surface area contributed by atoms with E-state index in [0.717, 1.165) is 42.1 Å². The van der Waals surface area contributed by atoms with Gasteiger partial charge in [0.2, 0.25) is 5.88 Å². The van der Waals surface area contributed by atoms with Gasteiger partial charge >= 0.3 is 0 Å². The molecule has 3 aromatic rings. The Morgan fingerprint density at radius 1 is 1.11 bits per heavy atom. The van der Waals surface area contributed by atoms with Crippen molar-refractivity contribution >= 4 is 5.69 Å². The lowest BCUT2D eigenvalue weighted by molar-refractivity contribution is 0.215. The van der Waals surface area contributed by atoms with Crippen LogP contribution in [0.5, 0.6) is 5.88 Å². The highest BCUT2D eigenvalue weighted by molar-refractivity contribution is 5.61. The molecule has 1 unspecified atom stereocenters. The van der Waals surface area contributed by atoms with E-state index >= 15 is 0 Å².